The van der Waals surface area contributed by atoms with Gasteiger partial charge in [0.15, 0.2) is 0 Å². The fourth-order valence-electron chi connectivity index (χ4n) is 3.48. The summed E-state index contributed by atoms with van der Waals surface area (Å²) in [6.07, 6.45) is 1.15. The van der Waals surface area contributed by atoms with Gasteiger partial charge in [-0.3, -0.25) is 13.9 Å². The van der Waals surface area contributed by atoms with E-state index in [0.717, 1.165) is 22.7 Å². The molecule has 0 fully saturated rings. The van der Waals surface area contributed by atoms with Crippen molar-refractivity contribution in [3.05, 3.63) is 62.8 Å². The van der Waals surface area contributed by atoms with Gasteiger partial charge in [-0.05, 0) is 57.5 Å². The van der Waals surface area contributed by atoms with Crippen molar-refractivity contribution in [1.29, 1.82) is 0 Å². The van der Waals surface area contributed by atoms with Crippen molar-refractivity contribution in [2.75, 3.05) is 17.1 Å². The molecule has 1 atom stereocenters. The molecule has 2 rings (SSSR count). The number of amides is 2. The summed E-state index contributed by atoms with van der Waals surface area (Å²) in [6, 6.07) is 7.22. The number of benzene rings is 2. The SMILES string of the molecule is CC[C@H](C(=O)NC(C)(C)C)N(Cc1c(Cl)cccc1Cl)C(=O)CN(c1ccc(F)c(Cl)c1)S(C)(=O)=O. The predicted molar refractivity (Wildman–Crippen MR) is 143 cm³/mol. The number of hydrogen-bond acceptors (Lipinski definition) is 4. The zero-order valence-corrected chi connectivity index (χ0v) is 23.7. The zero-order chi connectivity index (χ0) is 27.4. The Morgan fingerprint density at radius 2 is 1.64 bits per heavy atom. The van der Waals surface area contributed by atoms with Crippen LogP contribution in [0.3, 0.4) is 0 Å². The van der Waals surface area contributed by atoms with Crippen molar-refractivity contribution in [3.8, 4) is 0 Å². The number of anilines is 1. The molecule has 36 heavy (non-hydrogen) atoms. The number of carbonyl (C=O) groups excluding carboxylic acids is 2. The molecule has 12 heteroatoms. The monoisotopic (exact) mass is 579 g/mol. The molecule has 0 aliphatic heterocycles. The van der Waals surface area contributed by atoms with Crippen molar-refractivity contribution in [2.24, 2.45) is 0 Å². The Balaban J connectivity index is 2.54. The molecule has 7 nitrogen and oxygen atoms in total. The summed E-state index contributed by atoms with van der Waals surface area (Å²) in [6.45, 7) is 6.34. The first kappa shape index (κ1) is 30.2. The number of halogens is 4. The number of carbonyl (C=O) groups is 2. The van der Waals surface area contributed by atoms with Crippen LogP contribution >= 0.6 is 34.8 Å². The summed E-state index contributed by atoms with van der Waals surface area (Å²) in [5.74, 6) is -1.84. The molecule has 0 saturated carbocycles. The highest BCUT2D eigenvalue weighted by molar-refractivity contribution is 7.92. The fraction of sp³-hybridized carbons (Fsp3) is 0.417. The number of rotatable bonds is 9. The lowest BCUT2D eigenvalue weighted by Gasteiger charge is -2.34. The van der Waals surface area contributed by atoms with E-state index in [-0.39, 0.29) is 33.7 Å². The minimum absolute atomic E-state index is 0.000155. The van der Waals surface area contributed by atoms with E-state index in [1.165, 1.54) is 11.0 Å². The van der Waals surface area contributed by atoms with Crippen LogP contribution in [0.4, 0.5) is 10.1 Å². The third-order valence-corrected chi connectivity index (χ3v) is 7.28. The Hall–Kier alpha value is -2.07. The number of sulfonamides is 1. The second-order valence-corrected chi connectivity index (χ2v) is 12.4. The van der Waals surface area contributed by atoms with Crippen LogP contribution in [0.25, 0.3) is 0 Å². The topological polar surface area (TPSA) is 86.8 Å². The van der Waals surface area contributed by atoms with Crippen molar-refractivity contribution in [2.45, 2.75) is 52.2 Å². The first-order chi connectivity index (χ1) is 16.5. The van der Waals surface area contributed by atoms with E-state index in [2.05, 4.69) is 5.32 Å². The number of hydrogen-bond donors (Lipinski definition) is 1. The van der Waals surface area contributed by atoms with Crippen LogP contribution in [-0.4, -0.2) is 49.5 Å². The average molecular weight is 581 g/mol. The molecule has 2 aromatic carbocycles. The molecular formula is C24H29Cl3FN3O4S. The summed E-state index contributed by atoms with van der Waals surface area (Å²) in [5.41, 5.74) is -0.169. The van der Waals surface area contributed by atoms with Crippen LogP contribution < -0.4 is 9.62 Å². The largest absolute Gasteiger partial charge is 0.350 e. The molecule has 0 bridgehead atoms. The summed E-state index contributed by atoms with van der Waals surface area (Å²) in [7, 11) is -3.99. The van der Waals surface area contributed by atoms with Crippen LogP contribution in [-0.2, 0) is 26.2 Å². The van der Waals surface area contributed by atoms with Gasteiger partial charge in [-0.25, -0.2) is 12.8 Å². The molecule has 0 unspecified atom stereocenters. The normalized spacial score (nSPS) is 12.7. The van der Waals surface area contributed by atoms with Crippen molar-refractivity contribution < 1.29 is 22.4 Å². The maximum atomic E-state index is 13.7. The van der Waals surface area contributed by atoms with E-state index >= 15 is 0 Å². The lowest BCUT2D eigenvalue weighted by molar-refractivity contribution is -0.141. The third kappa shape index (κ3) is 7.96. The molecule has 1 N–H and O–H groups in total. The molecule has 0 saturated heterocycles. The van der Waals surface area contributed by atoms with Crippen molar-refractivity contribution in [3.63, 3.8) is 0 Å². The van der Waals surface area contributed by atoms with Gasteiger partial charge >= 0.3 is 0 Å². The molecular weight excluding hydrogens is 552 g/mol. The Kier molecular flexibility index (Phi) is 10.0. The summed E-state index contributed by atoms with van der Waals surface area (Å²) >= 11 is 18.5. The quantitative estimate of drug-likeness (QED) is 0.438. The van der Waals surface area contributed by atoms with Gasteiger partial charge in [0, 0.05) is 27.7 Å². The van der Waals surface area contributed by atoms with Gasteiger partial charge in [-0.1, -0.05) is 47.8 Å². The van der Waals surface area contributed by atoms with Gasteiger partial charge in [-0.15, -0.1) is 0 Å². The Bertz CT molecular complexity index is 1220. The van der Waals surface area contributed by atoms with Gasteiger partial charge in [0.2, 0.25) is 21.8 Å². The average Bonchev–Trinajstić information content (AvgIpc) is 2.73. The van der Waals surface area contributed by atoms with E-state index in [1.54, 1.807) is 45.9 Å². The molecule has 2 aromatic rings. The van der Waals surface area contributed by atoms with Crippen molar-refractivity contribution in [1.82, 2.24) is 10.2 Å². The lowest BCUT2D eigenvalue weighted by Crippen LogP contribution is -2.55. The van der Waals surface area contributed by atoms with Crippen LogP contribution in [0.5, 0.6) is 0 Å². The fourth-order valence-corrected chi connectivity index (χ4v) is 5.01. The number of nitrogens with one attached hydrogen (secondary N) is 1. The minimum atomic E-state index is -3.99. The summed E-state index contributed by atoms with van der Waals surface area (Å²) in [5, 5.41) is 3.14. The molecule has 0 radical (unpaired) electrons. The smallest absolute Gasteiger partial charge is 0.244 e. The molecule has 0 aromatic heterocycles. The van der Waals surface area contributed by atoms with E-state index < -0.39 is 45.8 Å². The number of nitrogens with zero attached hydrogens (tertiary/aromatic N) is 2. The van der Waals surface area contributed by atoms with Gasteiger partial charge in [0.25, 0.3) is 0 Å². The van der Waals surface area contributed by atoms with Gasteiger partial charge in [0.05, 0.1) is 17.0 Å². The highest BCUT2D eigenvalue weighted by Crippen LogP contribution is 2.28. The Morgan fingerprint density at radius 3 is 2.11 bits per heavy atom. The molecule has 2 amide bonds. The Labute approximate surface area is 226 Å². The van der Waals surface area contributed by atoms with Gasteiger partial charge in [-0.2, -0.15) is 0 Å². The third-order valence-electron chi connectivity index (χ3n) is 5.14. The second kappa shape index (κ2) is 12.0. The predicted octanol–water partition coefficient (Wildman–Crippen LogP) is 5.27. The first-order valence-electron chi connectivity index (χ1n) is 11.0. The molecule has 198 valence electrons. The van der Waals surface area contributed by atoms with Crippen LogP contribution in [0.2, 0.25) is 15.1 Å². The van der Waals surface area contributed by atoms with Gasteiger partial charge < -0.3 is 10.2 Å². The second-order valence-electron chi connectivity index (χ2n) is 9.25. The first-order valence-corrected chi connectivity index (χ1v) is 14.0. The molecule has 0 heterocycles. The summed E-state index contributed by atoms with van der Waals surface area (Å²) in [4.78, 5) is 28.1. The molecule has 0 aliphatic carbocycles. The van der Waals surface area contributed by atoms with E-state index in [0.29, 0.717) is 5.56 Å². The lowest BCUT2D eigenvalue weighted by atomic mass is 10.1. The van der Waals surface area contributed by atoms with Crippen LogP contribution in [0.15, 0.2) is 36.4 Å². The summed E-state index contributed by atoms with van der Waals surface area (Å²) < 4.78 is 39.7. The van der Waals surface area contributed by atoms with E-state index in [1.807, 2.05) is 0 Å². The van der Waals surface area contributed by atoms with E-state index in [9.17, 15) is 22.4 Å². The van der Waals surface area contributed by atoms with Crippen molar-refractivity contribution >= 4 is 62.3 Å². The minimum Gasteiger partial charge on any atom is -0.350 e. The highest BCUT2D eigenvalue weighted by atomic mass is 35.5. The van der Waals surface area contributed by atoms with E-state index in [4.69, 9.17) is 34.8 Å². The maximum Gasteiger partial charge on any atom is 0.244 e. The highest BCUT2D eigenvalue weighted by Gasteiger charge is 2.33. The van der Waals surface area contributed by atoms with Crippen LogP contribution in [0.1, 0.15) is 39.7 Å². The Morgan fingerprint density at radius 1 is 1.06 bits per heavy atom. The zero-order valence-electron chi connectivity index (χ0n) is 20.6. The molecule has 0 aliphatic rings. The standard InChI is InChI=1S/C24H29Cl3FN3O4S/c1-6-21(23(33)29-24(2,3)4)30(13-16-17(25)8-7-9-18(16)26)22(32)14-31(36(5,34)35)15-10-11-20(28)19(27)12-15/h7-12,21H,6,13-14H2,1-5H3,(H,29,33)/t21-/m1/s1. The van der Waals surface area contributed by atoms with Crippen LogP contribution in [0, 0.1) is 5.82 Å². The molecule has 0 spiro atoms. The van der Waals surface area contributed by atoms with Gasteiger partial charge in [0.1, 0.15) is 18.4 Å². The maximum absolute atomic E-state index is 13.7.